The van der Waals surface area contributed by atoms with Crippen molar-refractivity contribution in [3.8, 4) is 11.1 Å². The van der Waals surface area contributed by atoms with Crippen LogP contribution in [0, 0.1) is 5.82 Å². The highest BCUT2D eigenvalue weighted by atomic mass is 19.4. The van der Waals surface area contributed by atoms with Crippen LogP contribution in [0.4, 0.5) is 17.6 Å². The molecule has 4 rings (SSSR count). The largest absolute Gasteiger partial charge is 0.417 e. The summed E-state index contributed by atoms with van der Waals surface area (Å²) in [6.07, 6.45) is -4.09. The number of aromatic nitrogens is 1. The number of carbonyl (C=O) groups excluding carboxylic acids is 1. The van der Waals surface area contributed by atoms with Crippen molar-refractivity contribution in [3.05, 3.63) is 65.6 Å². The van der Waals surface area contributed by atoms with Gasteiger partial charge in [-0.3, -0.25) is 9.78 Å². The normalized spacial score (nSPS) is 15.0. The Labute approximate surface area is 166 Å². The highest BCUT2D eigenvalue weighted by Gasteiger charge is 2.41. The smallest absolute Gasteiger partial charge is 0.307 e. The number of fused-ring (bicyclic) bond motifs is 1. The quantitative estimate of drug-likeness (QED) is 0.587. The number of hydrogen-bond donors (Lipinski definition) is 1. The minimum Gasteiger partial charge on any atom is -0.307 e. The lowest BCUT2D eigenvalue weighted by Crippen LogP contribution is -2.42. The van der Waals surface area contributed by atoms with Crippen LogP contribution in [0.15, 0.2) is 69.3 Å². The van der Waals surface area contributed by atoms with Gasteiger partial charge in [0.05, 0.1) is 22.8 Å². The van der Waals surface area contributed by atoms with Gasteiger partial charge in [-0.05, 0) is 28.1 Å². The van der Waals surface area contributed by atoms with E-state index in [0.717, 1.165) is 18.3 Å². The van der Waals surface area contributed by atoms with Gasteiger partial charge < -0.3 is 5.32 Å². The van der Waals surface area contributed by atoms with Crippen molar-refractivity contribution in [2.24, 2.45) is 20.7 Å². The highest BCUT2D eigenvalue weighted by Crippen LogP contribution is 2.43. The van der Waals surface area contributed by atoms with Crippen molar-refractivity contribution in [1.82, 2.24) is 10.3 Å². The van der Waals surface area contributed by atoms with Gasteiger partial charge in [0, 0.05) is 17.9 Å². The fraction of sp³-hybridized carbons (Fsp3) is 0.158. The summed E-state index contributed by atoms with van der Waals surface area (Å²) >= 11 is 0. The molecule has 152 valence electrons. The summed E-state index contributed by atoms with van der Waals surface area (Å²) in [4.78, 5) is 16.7. The molecule has 1 amide bonds. The molecule has 1 aliphatic heterocycles. The number of nitrogens with zero attached hydrogens (tertiary/aromatic N) is 5. The summed E-state index contributed by atoms with van der Waals surface area (Å²) < 4.78 is 56.4. The van der Waals surface area contributed by atoms with E-state index in [-0.39, 0.29) is 22.0 Å². The zero-order valence-corrected chi connectivity index (χ0v) is 15.3. The topological polar surface area (TPSA) is 91.4 Å². The molecule has 1 aromatic heterocycles. The molecule has 0 aliphatic carbocycles. The van der Waals surface area contributed by atoms with Crippen molar-refractivity contribution in [2.45, 2.75) is 18.9 Å². The molecule has 0 spiro atoms. The summed E-state index contributed by atoms with van der Waals surface area (Å²) in [7, 11) is 0. The number of benzene rings is 2. The average molecular weight is 416 g/mol. The monoisotopic (exact) mass is 416 g/mol. The molecule has 0 bridgehead atoms. The SMILES string of the molecule is CC1(NC(=O)c2cc3cc(F)cnc3c(-c3ccccc3)c2C(F)(F)F)N=NN=N1. The van der Waals surface area contributed by atoms with Crippen molar-refractivity contribution in [3.63, 3.8) is 0 Å². The van der Waals surface area contributed by atoms with Gasteiger partial charge in [0.25, 0.3) is 11.7 Å². The molecule has 2 heterocycles. The standard InChI is InChI=1S/C19H12F4N6O/c1-18(26-28-29-27-18)25-17(30)13-8-11-7-12(20)9-24-16(11)14(15(13)19(21,22)23)10-5-3-2-4-6-10/h2-9H,1H3,(H,25,30). The number of halogens is 4. The summed E-state index contributed by atoms with van der Waals surface area (Å²) in [6.45, 7) is 1.32. The van der Waals surface area contributed by atoms with Crippen LogP contribution < -0.4 is 5.32 Å². The third-order valence-corrected chi connectivity index (χ3v) is 4.40. The van der Waals surface area contributed by atoms with Gasteiger partial charge in [0.15, 0.2) is 0 Å². The van der Waals surface area contributed by atoms with Crippen molar-refractivity contribution < 1.29 is 22.4 Å². The van der Waals surface area contributed by atoms with Crippen LogP contribution >= 0.6 is 0 Å². The van der Waals surface area contributed by atoms with Crippen molar-refractivity contribution in [1.29, 1.82) is 0 Å². The molecular formula is C19H12F4N6O. The van der Waals surface area contributed by atoms with Crippen LogP contribution in [0.2, 0.25) is 0 Å². The first-order valence-electron chi connectivity index (χ1n) is 8.59. The van der Waals surface area contributed by atoms with E-state index in [1.165, 1.54) is 19.1 Å². The molecule has 0 unspecified atom stereocenters. The molecule has 0 saturated carbocycles. The number of pyridine rings is 1. The summed E-state index contributed by atoms with van der Waals surface area (Å²) in [5, 5.41) is 16.0. The minimum atomic E-state index is -4.91. The maximum absolute atomic E-state index is 14.2. The lowest BCUT2D eigenvalue weighted by molar-refractivity contribution is -0.137. The third kappa shape index (κ3) is 3.49. The Morgan fingerprint density at radius 2 is 1.73 bits per heavy atom. The van der Waals surface area contributed by atoms with Gasteiger partial charge in [0.1, 0.15) is 5.82 Å². The summed E-state index contributed by atoms with van der Waals surface area (Å²) in [5.74, 6) is -3.51. The molecule has 1 N–H and O–H groups in total. The molecule has 7 nitrogen and oxygen atoms in total. The molecule has 2 aromatic carbocycles. The summed E-state index contributed by atoms with van der Waals surface area (Å²) in [5.41, 5.74) is -2.16. The molecule has 0 saturated heterocycles. The molecule has 0 fully saturated rings. The van der Waals surface area contributed by atoms with E-state index in [9.17, 15) is 22.4 Å². The first kappa shape index (κ1) is 19.6. The second kappa shape index (κ2) is 6.94. The van der Waals surface area contributed by atoms with E-state index in [2.05, 4.69) is 31.0 Å². The average Bonchev–Trinajstić information content (AvgIpc) is 3.12. The maximum atomic E-state index is 14.2. The Morgan fingerprint density at radius 3 is 2.37 bits per heavy atom. The van der Waals surface area contributed by atoms with Crippen LogP contribution in [-0.2, 0) is 6.18 Å². The van der Waals surface area contributed by atoms with E-state index in [1.807, 2.05) is 0 Å². The van der Waals surface area contributed by atoms with Gasteiger partial charge in [-0.15, -0.1) is 10.2 Å². The Bertz CT molecular complexity index is 1200. The number of amides is 1. The predicted octanol–water partition coefficient (Wildman–Crippen LogP) is 5.30. The number of alkyl halides is 3. The van der Waals surface area contributed by atoms with Crippen LogP contribution in [-0.4, -0.2) is 16.7 Å². The molecule has 11 heteroatoms. The summed E-state index contributed by atoms with van der Waals surface area (Å²) in [6, 6.07) is 9.62. The lowest BCUT2D eigenvalue weighted by Gasteiger charge is -2.21. The van der Waals surface area contributed by atoms with Crippen LogP contribution in [0.1, 0.15) is 22.8 Å². The number of carbonyl (C=O) groups is 1. The zero-order valence-electron chi connectivity index (χ0n) is 15.3. The Hall–Kier alpha value is -3.76. The van der Waals surface area contributed by atoms with Crippen LogP contribution in [0.5, 0.6) is 0 Å². The number of hydrogen-bond acceptors (Lipinski definition) is 6. The molecule has 0 radical (unpaired) electrons. The molecule has 0 atom stereocenters. The van der Waals surface area contributed by atoms with E-state index in [4.69, 9.17) is 0 Å². The Morgan fingerprint density at radius 1 is 1.07 bits per heavy atom. The fourth-order valence-electron chi connectivity index (χ4n) is 3.18. The fourth-order valence-corrected chi connectivity index (χ4v) is 3.18. The van der Waals surface area contributed by atoms with Gasteiger partial charge in [-0.1, -0.05) is 30.3 Å². The third-order valence-electron chi connectivity index (χ3n) is 4.40. The van der Waals surface area contributed by atoms with E-state index in [1.54, 1.807) is 18.2 Å². The highest BCUT2D eigenvalue weighted by molar-refractivity contribution is 6.06. The van der Waals surface area contributed by atoms with E-state index >= 15 is 0 Å². The van der Waals surface area contributed by atoms with Gasteiger partial charge in [-0.25, -0.2) is 4.39 Å². The lowest BCUT2D eigenvalue weighted by atomic mass is 9.91. The molecule has 30 heavy (non-hydrogen) atoms. The second-order valence-corrected chi connectivity index (χ2v) is 6.62. The molecular weight excluding hydrogens is 404 g/mol. The van der Waals surface area contributed by atoms with Crippen molar-refractivity contribution in [2.75, 3.05) is 0 Å². The molecule has 3 aromatic rings. The minimum absolute atomic E-state index is 0.0341. The van der Waals surface area contributed by atoms with E-state index < -0.39 is 34.8 Å². The van der Waals surface area contributed by atoms with Gasteiger partial charge >= 0.3 is 6.18 Å². The maximum Gasteiger partial charge on any atom is 0.417 e. The van der Waals surface area contributed by atoms with Crippen LogP contribution in [0.3, 0.4) is 0 Å². The van der Waals surface area contributed by atoms with Gasteiger partial charge in [-0.2, -0.15) is 13.2 Å². The first-order valence-corrected chi connectivity index (χ1v) is 8.59. The van der Waals surface area contributed by atoms with Crippen LogP contribution in [0.25, 0.3) is 22.0 Å². The second-order valence-electron chi connectivity index (χ2n) is 6.62. The van der Waals surface area contributed by atoms with E-state index in [0.29, 0.717) is 0 Å². The first-order chi connectivity index (χ1) is 14.2. The molecule has 1 aliphatic rings. The number of rotatable bonds is 3. The predicted molar refractivity (Wildman–Crippen MR) is 97.7 cm³/mol. The van der Waals surface area contributed by atoms with Crippen molar-refractivity contribution >= 4 is 16.8 Å². The Kier molecular flexibility index (Phi) is 4.52. The van der Waals surface area contributed by atoms with Gasteiger partial charge in [0.2, 0.25) is 0 Å². The zero-order chi connectivity index (χ0) is 21.5. The Balaban J connectivity index is 2.03. The number of nitrogens with one attached hydrogen (secondary N) is 1.